The Hall–Kier alpha value is -0.580. The molecule has 18 heavy (non-hydrogen) atoms. The highest BCUT2D eigenvalue weighted by Gasteiger charge is 2.22. The van der Waals surface area contributed by atoms with Crippen LogP contribution in [0.5, 0.6) is 5.75 Å². The zero-order valence-electron chi connectivity index (χ0n) is 10.8. The molecule has 4 heteroatoms. The molecule has 1 aromatic rings. The molecule has 3 nitrogen and oxygen atoms in total. The van der Waals surface area contributed by atoms with Gasteiger partial charge in [-0.15, -0.1) is 0 Å². The van der Waals surface area contributed by atoms with Gasteiger partial charge < -0.3 is 10.5 Å². The van der Waals surface area contributed by atoms with Crippen molar-refractivity contribution in [3.05, 3.63) is 28.7 Å². The van der Waals surface area contributed by atoms with E-state index >= 15 is 0 Å². The third-order valence-corrected chi connectivity index (χ3v) is 4.12. The maximum Gasteiger partial charge on any atom is 0.119 e. The highest BCUT2D eigenvalue weighted by atomic mass is 79.9. The van der Waals surface area contributed by atoms with Crippen LogP contribution in [0.25, 0.3) is 0 Å². The molecule has 0 spiro atoms. The molecular formula is C14H21BrN2O. The number of ether oxygens (including phenoxy) is 1. The fraction of sp³-hybridized carbons (Fsp3) is 0.571. The molecule has 0 aromatic heterocycles. The number of nitrogens with zero attached hydrogens (tertiary/aromatic N) is 1. The Morgan fingerprint density at radius 2 is 2.11 bits per heavy atom. The summed E-state index contributed by atoms with van der Waals surface area (Å²) in [5.74, 6) is 1.57. The van der Waals surface area contributed by atoms with Crippen LogP contribution < -0.4 is 10.5 Å². The van der Waals surface area contributed by atoms with Crippen LogP contribution in [-0.4, -0.2) is 37.2 Å². The molecule has 2 N–H and O–H groups in total. The van der Waals surface area contributed by atoms with Gasteiger partial charge in [0.2, 0.25) is 0 Å². The first-order chi connectivity index (χ1) is 8.65. The number of hydrogen-bond donors (Lipinski definition) is 1. The zero-order valence-corrected chi connectivity index (χ0v) is 12.4. The molecular weight excluding hydrogens is 292 g/mol. The van der Waals surface area contributed by atoms with Crippen LogP contribution in [0.15, 0.2) is 28.7 Å². The summed E-state index contributed by atoms with van der Waals surface area (Å²) in [6.45, 7) is 6.04. The largest absolute Gasteiger partial charge is 0.492 e. The van der Waals surface area contributed by atoms with Crippen molar-refractivity contribution in [1.29, 1.82) is 0 Å². The van der Waals surface area contributed by atoms with Crippen molar-refractivity contribution in [1.82, 2.24) is 4.90 Å². The normalized spacial score (nSPS) is 25.1. The van der Waals surface area contributed by atoms with E-state index in [1.165, 1.54) is 6.42 Å². The summed E-state index contributed by atoms with van der Waals surface area (Å²) in [5, 5.41) is 0. The van der Waals surface area contributed by atoms with Gasteiger partial charge in [-0.05, 0) is 43.1 Å². The van der Waals surface area contributed by atoms with Crippen molar-refractivity contribution in [3.63, 3.8) is 0 Å². The molecule has 2 atom stereocenters. The molecule has 2 unspecified atom stereocenters. The molecule has 0 amide bonds. The van der Waals surface area contributed by atoms with Crippen LogP contribution in [0.1, 0.15) is 13.3 Å². The van der Waals surface area contributed by atoms with E-state index in [1.807, 2.05) is 24.3 Å². The van der Waals surface area contributed by atoms with Crippen LogP contribution in [-0.2, 0) is 0 Å². The van der Waals surface area contributed by atoms with E-state index in [2.05, 4.69) is 27.8 Å². The van der Waals surface area contributed by atoms with Gasteiger partial charge in [-0.1, -0.05) is 22.9 Å². The molecule has 2 rings (SSSR count). The topological polar surface area (TPSA) is 38.5 Å². The van der Waals surface area contributed by atoms with E-state index in [4.69, 9.17) is 10.5 Å². The van der Waals surface area contributed by atoms with Gasteiger partial charge in [0.15, 0.2) is 0 Å². The predicted molar refractivity (Wildman–Crippen MR) is 77.8 cm³/mol. The van der Waals surface area contributed by atoms with Crippen LogP contribution >= 0.6 is 15.9 Å². The summed E-state index contributed by atoms with van der Waals surface area (Å²) in [7, 11) is 0. The summed E-state index contributed by atoms with van der Waals surface area (Å²) >= 11 is 3.41. The first kappa shape index (κ1) is 13.8. The van der Waals surface area contributed by atoms with Crippen LogP contribution in [0.4, 0.5) is 0 Å². The van der Waals surface area contributed by atoms with Gasteiger partial charge in [0.05, 0.1) is 0 Å². The van der Waals surface area contributed by atoms with Crippen molar-refractivity contribution in [3.8, 4) is 5.75 Å². The predicted octanol–water partition coefficient (Wildman–Crippen LogP) is 2.50. The van der Waals surface area contributed by atoms with Crippen LogP contribution in [0, 0.1) is 5.92 Å². The summed E-state index contributed by atoms with van der Waals surface area (Å²) in [5.41, 5.74) is 6.08. The molecule has 0 saturated carbocycles. The van der Waals surface area contributed by atoms with Crippen molar-refractivity contribution in [2.45, 2.75) is 19.4 Å². The molecule has 1 aliphatic heterocycles. The van der Waals surface area contributed by atoms with Crippen molar-refractivity contribution in [2.75, 3.05) is 26.2 Å². The maximum atomic E-state index is 6.08. The number of benzene rings is 1. The second kappa shape index (κ2) is 6.55. The van der Waals surface area contributed by atoms with Crippen molar-refractivity contribution in [2.24, 2.45) is 11.7 Å². The Bertz CT molecular complexity index is 369. The minimum absolute atomic E-state index is 0.312. The monoisotopic (exact) mass is 312 g/mol. The Kier molecular flexibility index (Phi) is 5.03. The molecule has 0 bridgehead atoms. The van der Waals surface area contributed by atoms with Gasteiger partial charge in [-0.25, -0.2) is 0 Å². The van der Waals surface area contributed by atoms with E-state index in [9.17, 15) is 0 Å². The SMILES string of the molecule is CC1CCN(CCOc2ccc(Br)cc2)CC1N. The quantitative estimate of drug-likeness (QED) is 0.928. The Balaban J connectivity index is 1.71. The third-order valence-electron chi connectivity index (χ3n) is 3.59. The smallest absolute Gasteiger partial charge is 0.119 e. The molecule has 1 fully saturated rings. The lowest BCUT2D eigenvalue weighted by molar-refractivity contribution is 0.143. The maximum absolute atomic E-state index is 6.08. The number of rotatable bonds is 4. The highest BCUT2D eigenvalue weighted by molar-refractivity contribution is 9.10. The molecule has 1 aliphatic rings. The summed E-state index contributed by atoms with van der Waals surface area (Å²) in [4.78, 5) is 2.39. The third kappa shape index (κ3) is 3.97. The first-order valence-electron chi connectivity index (χ1n) is 6.51. The Morgan fingerprint density at radius 1 is 1.39 bits per heavy atom. The van der Waals surface area contributed by atoms with Crippen molar-refractivity contribution >= 4 is 15.9 Å². The fourth-order valence-corrected chi connectivity index (χ4v) is 2.46. The lowest BCUT2D eigenvalue weighted by Gasteiger charge is -2.34. The Morgan fingerprint density at radius 3 is 2.78 bits per heavy atom. The molecule has 0 aliphatic carbocycles. The van der Waals surface area contributed by atoms with Crippen LogP contribution in [0.2, 0.25) is 0 Å². The number of piperidine rings is 1. The lowest BCUT2D eigenvalue weighted by Crippen LogP contribution is -2.48. The number of hydrogen-bond acceptors (Lipinski definition) is 3. The first-order valence-corrected chi connectivity index (χ1v) is 7.31. The fourth-order valence-electron chi connectivity index (χ4n) is 2.20. The van der Waals surface area contributed by atoms with Crippen LogP contribution in [0.3, 0.4) is 0 Å². The van der Waals surface area contributed by atoms with Gasteiger partial charge in [0, 0.05) is 23.6 Å². The van der Waals surface area contributed by atoms with Gasteiger partial charge in [0.25, 0.3) is 0 Å². The van der Waals surface area contributed by atoms with Gasteiger partial charge in [-0.2, -0.15) is 0 Å². The molecule has 1 heterocycles. The number of nitrogens with two attached hydrogens (primary N) is 1. The van der Waals surface area contributed by atoms with E-state index in [-0.39, 0.29) is 0 Å². The second-order valence-electron chi connectivity index (χ2n) is 5.03. The Labute approximate surface area is 117 Å². The molecule has 100 valence electrons. The summed E-state index contributed by atoms with van der Waals surface area (Å²) in [6.07, 6.45) is 1.19. The standard InChI is InChI=1S/C14H21BrN2O/c1-11-6-7-17(10-14(11)16)8-9-18-13-4-2-12(15)3-5-13/h2-5,11,14H,6-10,16H2,1H3. The highest BCUT2D eigenvalue weighted by Crippen LogP contribution is 2.17. The summed E-state index contributed by atoms with van der Waals surface area (Å²) in [6, 6.07) is 8.26. The zero-order chi connectivity index (χ0) is 13.0. The van der Waals surface area contributed by atoms with E-state index in [0.29, 0.717) is 12.0 Å². The van der Waals surface area contributed by atoms with E-state index in [1.54, 1.807) is 0 Å². The number of likely N-dealkylation sites (tertiary alicyclic amines) is 1. The molecule has 1 aromatic carbocycles. The van der Waals surface area contributed by atoms with Gasteiger partial charge in [0.1, 0.15) is 12.4 Å². The lowest BCUT2D eigenvalue weighted by atomic mass is 9.94. The van der Waals surface area contributed by atoms with Gasteiger partial charge >= 0.3 is 0 Å². The average molecular weight is 313 g/mol. The minimum Gasteiger partial charge on any atom is -0.492 e. The summed E-state index contributed by atoms with van der Waals surface area (Å²) < 4.78 is 6.80. The molecule has 1 saturated heterocycles. The van der Waals surface area contributed by atoms with Gasteiger partial charge in [-0.3, -0.25) is 4.90 Å². The minimum atomic E-state index is 0.312. The van der Waals surface area contributed by atoms with E-state index < -0.39 is 0 Å². The molecule has 0 radical (unpaired) electrons. The second-order valence-corrected chi connectivity index (χ2v) is 5.95. The average Bonchev–Trinajstić information content (AvgIpc) is 2.36. The van der Waals surface area contributed by atoms with E-state index in [0.717, 1.165) is 36.5 Å². The number of halogens is 1. The van der Waals surface area contributed by atoms with Crippen molar-refractivity contribution < 1.29 is 4.74 Å².